The normalized spacial score (nSPS) is 10.7. The second kappa shape index (κ2) is 5.60. The summed E-state index contributed by atoms with van der Waals surface area (Å²) in [5.41, 5.74) is 2.05. The first-order chi connectivity index (χ1) is 11.0. The number of nitrogens with zero attached hydrogens (tertiary/aromatic N) is 2. The van der Waals surface area contributed by atoms with Crippen molar-refractivity contribution in [1.29, 1.82) is 0 Å². The number of rotatable bonds is 3. The van der Waals surface area contributed by atoms with Crippen molar-refractivity contribution >= 4 is 17.2 Å². The van der Waals surface area contributed by atoms with Crippen molar-refractivity contribution in [3.05, 3.63) is 57.6 Å². The lowest BCUT2D eigenvalue weighted by Crippen LogP contribution is -2.20. The Balaban J connectivity index is 2.04. The number of hydrogen-bond donors (Lipinski definition) is 2. The molecular weight excluding hydrogens is 296 g/mol. The molecule has 0 aliphatic carbocycles. The predicted molar refractivity (Wildman–Crippen MR) is 86.2 cm³/mol. The van der Waals surface area contributed by atoms with Crippen molar-refractivity contribution in [1.82, 2.24) is 14.6 Å². The van der Waals surface area contributed by atoms with Gasteiger partial charge in [-0.1, -0.05) is 12.1 Å². The molecule has 0 atom stereocenters. The van der Waals surface area contributed by atoms with E-state index in [2.05, 4.69) is 15.4 Å². The summed E-state index contributed by atoms with van der Waals surface area (Å²) < 4.78 is 6.48. The van der Waals surface area contributed by atoms with E-state index in [1.54, 1.807) is 32.0 Å². The highest BCUT2D eigenvalue weighted by Crippen LogP contribution is 2.24. The molecule has 3 rings (SSSR count). The van der Waals surface area contributed by atoms with Crippen LogP contribution >= 0.6 is 0 Å². The van der Waals surface area contributed by atoms with Crippen molar-refractivity contribution in [2.24, 2.45) is 0 Å². The molecule has 0 fully saturated rings. The minimum atomic E-state index is -0.372. The summed E-state index contributed by atoms with van der Waals surface area (Å²) in [5.74, 6) is 0.182. The van der Waals surface area contributed by atoms with Crippen LogP contribution in [0.15, 0.2) is 35.3 Å². The van der Waals surface area contributed by atoms with E-state index in [0.29, 0.717) is 28.3 Å². The molecule has 0 saturated heterocycles. The Kier molecular flexibility index (Phi) is 3.61. The summed E-state index contributed by atoms with van der Waals surface area (Å²) in [6.45, 7) is 3.44. The lowest BCUT2D eigenvalue weighted by atomic mass is 10.2. The summed E-state index contributed by atoms with van der Waals surface area (Å²) in [6, 6.07) is 7.10. The van der Waals surface area contributed by atoms with Gasteiger partial charge in [-0.2, -0.15) is 0 Å². The minimum absolute atomic E-state index is 0.219. The predicted octanol–water partition coefficient (Wildman–Crippen LogP) is 1.90. The monoisotopic (exact) mass is 312 g/mol. The number of anilines is 1. The minimum Gasteiger partial charge on any atom is -0.495 e. The molecule has 1 amide bonds. The maximum atomic E-state index is 12.5. The van der Waals surface area contributed by atoms with Gasteiger partial charge in [-0.3, -0.25) is 14.7 Å². The summed E-state index contributed by atoms with van der Waals surface area (Å²) >= 11 is 0. The van der Waals surface area contributed by atoms with Crippen molar-refractivity contribution in [2.45, 2.75) is 13.8 Å². The van der Waals surface area contributed by atoms with Crippen LogP contribution in [0.2, 0.25) is 0 Å². The number of aryl methyl sites for hydroxylation is 1. The second-order valence-corrected chi connectivity index (χ2v) is 5.13. The number of carbonyl (C=O) groups excluding carboxylic acids is 1. The molecule has 0 radical (unpaired) electrons. The van der Waals surface area contributed by atoms with E-state index in [9.17, 15) is 9.59 Å². The Morgan fingerprint density at radius 3 is 2.78 bits per heavy atom. The van der Waals surface area contributed by atoms with Gasteiger partial charge in [0.2, 0.25) is 0 Å². The number of para-hydroxylation sites is 2. The zero-order valence-electron chi connectivity index (χ0n) is 13.0. The van der Waals surface area contributed by atoms with Crippen LogP contribution in [-0.4, -0.2) is 27.6 Å². The molecule has 0 aliphatic rings. The van der Waals surface area contributed by atoms with Gasteiger partial charge in [0.15, 0.2) is 5.65 Å². The average molecular weight is 312 g/mol. The van der Waals surface area contributed by atoms with Crippen LogP contribution in [0.1, 0.15) is 21.6 Å². The number of aromatic nitrogens is 3. The average Bonchev–Trinajstić information content (AvgIpc) is 2.97. The Morgan fingerprint density at radius 1 is 1.30 bits per heavy atom. The van der Waals surface area contributed by atoms with Gasteiger partial charge in [-0.15, -0.1) is 0 Å². The molecule has 0 bridgehead atoms. The van der Waals surface area contributed by atoms with Crippen LogP contribution in [0.25, 0.3) is 5.65 Å². The van der Waals surface area contributed by atoms with Gasteiger partial charge >= 0.3 is 0 Å². The third-order valence-electron chi connectivity index (χ3n) is 3.73. The molecule has 0 unspecified atom stereocenters. The van der Waals surface area contributed by atoms with Gasteiger partial charge in [-0.05, 0) is 26.0 Å². The molecular formula is C16H16N4O3. The van der Waals surface area contributed by atoms with Crippen molar-refractivity contribution in [3.8, 4) is 5.75 Å². The van der Waals surface area contributed by atoms with E-state index in [-0.39, 0.29) is 17.0 Å². The molecule has 0 aliphatic heterocycles. The van der Waals surface area contributed by atoms with E-state index >= 15 is 0 Å². The lowest BCUT2D eigenvalue weighted by molar-refractivity contribution is 0.102. The number of amides is 1. The largest absolute Gasteiger partial charge is 0.495 e. The first-order valence-electron chi connectivity index (χ1n) is 7.04. The van der Waals surface area contributed by atoms with Gasteiger partial charge < -0.3 is 10.1 Å². The fourth-order valence-electron chi connectivity index (χ4n) is 2.31. The van der Waals surface area contributed by atoms with Gasteiger partial charge in [-0.25, -0.2) is 9.50 Å². The van der Waals surface area contributed by atoms with Crippen LogP contribution in [0, 0.1) is 13.8 Å². The molecule has 2 heterocycles. The summed E-state index contributed by atoms with van der Waals surface area (Å²) in [5, 5.41) is 5.54. The molecule has 0 spiro atoms. The molecule has 3 aromatic rings. The molecule has 23 heavy (non-hydrogen) atoms. The number of aromatic amines is 1. The third kappa shape index (κ3) is 2.46. The van der Waals surface area contributed by atoms with Crippen LogP contribution in [0.5, 0.6) is 5.75 Å². The first-order valence-corrected chi connectivity index (χ1v) is 7.04. The number of methoxy groups -OCH3 is 1. The van der Waals surface area contributed by atoms with Crippen LogP contribution in [0.4, 0.5) is 5.69 Å². The number of fused-ring (bicyclic) bond motifs is 1. The summed E-state index contributed by atoms with van der Waals surface area (Å²) in [6.07, 6.45) is 1.47. The van der Waals surface area contributed by atoms with Crippen molar-refractivity contribution in [3.63, 3.8) is 0 Å². The number of carbonyl (C=O) groups is 1. The highest BCUT2D eigenvalue weighted by atomic mass is 16.5. The maximum absolute atomic E-state index is 12.5. The van der Waals surface area contributed by atoms with Gasteiger partial charge in [0, 0.05) is 17.5 Å². The highest BCUT2D eigenvalue weighted by molar-refractivity contribution is 6.08. The number of benzene rings is 1. The van der Waals surface area contributed by atoms with E-state index in [1.807, 2.05) is 6.07 Å². The lowest BCUT2D eigenvalue weighted by Gasteiger charge is -2.09. The number of ether oxygens (including phenoxy) is 1. The van der Waals surface area contributed by atoms with Crippen molar-refractivity contribution in [2.75, 3.05) is 12.4 Å². The molecule has 7 heteroatoms. The summed E-state index contributed by atoms with van der Waals surface area (Å²) in [7, 11) is 1.53. The number of H-pyrrole nitrogens is 1. The Morgan fingerprint density at radius 2 is 2.04 bits per heavy atom. The van der Waals surface area contributed by atoms with Crippen LogP contribution in [0.3, 0.4) is 0 Å². The second-order valence-electron chi connectivity index (χ2n) is 5.13. The van der Waals surface area contributed by atoms with E-state index in [0.717, 1.165) is 0 Å². The van der Waals surface area contributed by atoms with E-state index in [1.165, 1.54) is 17.8 Å². The Labute approximate surface area is 131 Å². The molecule has 7 nitrogen and oxygen atoms in total. The smallest absolute Gasteiger partial charge is 0.275 e. The zero-order chi connectivity index (χ0) is 16.6. The van der Waals surface area contributed by atoms with E-state index in [4.69, 9.17) is 4.74 Å². The maximum Gasteiger partial charge on any atom is 0.275 e. The molecule has 2 N–H and O–H groups in total. The topological polar surface area (TPSA) is 88.5 Å². The Bertz CT molecular complexity index is 956. The molecule has 0 saturated carbocycles. The Hall–Kier alpha value is -3.09. The third-order valence-corrected chi connectivity index (χ3v) is 3.73. The van der Waals surface area contributed by atoms with E-state index < -0.39 is 0 Å². The number of nitrogens with one attached hydrogen (secondary N) is 2. The summed E-state index contributed by atoms with van der Waals surface area (Å²) in [4.78, 5) is 29.0. The van der Waals surface area contributed by atoms with Gasteiger partial charge in [0.25, 0.3) is 11.5 Å². The molecule has 118 valence electrons. The quantitative estimate of drug-likeness (QED) is 0.773. The fourth-order valence-corrected chi connectivity index (χ4v) is 2.31. The van der Waals surface area contributed by atoms with Gasteiger partial charge in [0.1, 0.15) is 11.3 Å². The molecule has 2 aromatic heterocycles. The first kappa shape index (κ1) is 14.8. The van der Waals surface area contributed by atoms with Gasteiger partial charge in [0.05, 0.1) is 12.8 Å². The fraction of sp³-hybridized carbons (Fsp3) is 0.188. The van der Waals surface area contributed by atoms with Crippen molar-refractivity contribution < 1.29 is 9.53 Å². The van der Waals surface area contributed by atoms with Crippen LogP contribution in [-0.2, 0) is 0 Å². The standard InChI is InChI=1S/C16H16N4O3/c1-9-10(2)18-14-11(8-17-20(14)16(9)22)15(21)19-12-6-4-5-7-13(12)23-3/h4-8,17H,1-3H3,(H,19,21). The highest BCUT2D eigenvalue weighted by Gasteiger charge is 2.17. The zero-order valence-corrected chi connectivity index (χ0v) is 13.0. The SMILES string of the molecule is COc1ccccc1NC(=O)c1c[nH]n2c(=O)c(C)c(C)nc12. The van der Waals surface area contributed by atoms with Crippen LogP contribution < -0.4 is 15.6 Å². The molecule has 1 aromatic carbocycles. The number of hydrogen-bond acceptors (Lipinski definition) is 4.